The summed E-state index contributed by atoms with van der Waals surface area (Å²) in [5.74, 6) is 0.0926. The molecule has 4 heterocycles. The number of anilines is 1. The minimum absolute atomic E-state index is 0.0683. The van der Waals surface area contributed by atoms with Gasteiger partial charge in [0.1, 0.15) is 10.3 Å². The lowest BCUT2D eigenvalue weighted by molar-refractivity contribution is -0.137. The van der Waals surface area contributed by atoms with Gasteiger partial charge in [-0.25, -0.2) is 22.7 Å². The Morgan fingerprint density at radius 1 is 1.15 bits per heavy atom. The molecule has 0 aliphatic carbocycles. The largest absolute Gasteiger partial charge is 0.344 e. The Balaban J connectivity index is 1.33. The van der Waals surface area contributed by atoms with E-state index in [9.17, 15) is 13.2 Å². The second-order valence-electron chi connectivity index (χ2n) is 7.07. The van der Waals surface area contributed by atoms with E-state index in [0.29, 0.717) is 39.0 Å². The van der Waals surface area contributed by atoms with Gasteiger partial charge in [0.05, 0.1) is 6.26 Å². The Morgan fingerprint density at radius 3 is 2.48 bits per heavy atom. The number of carbonyl (C=O) groups excluding carboxylic acids is 1. The molecule has 0 N–H and O–H groups in total. The molecule has 10 heteroatoms. The van der Waals surface area contributed by atoms with Crippen molar-refractivity contribution in [2.24, 2.45) is 5.92 Å². The number of carbonyl (C=O) groups is 1. The molecule has 0 saturated carbocycles. The maximum Gasteiger partial charge on any atom is 0.225 e. The summed E-state index contributed by atoms with van der Waals surface area (Å²) in [6.45, 7) is 3.74. The fourth-order valence-electron chi connectivity index (χ4n) is 3.70. The minimum Gasteiger partial charge on any atom is -0.344 e. The van der Waals surface area contributed by atoms with E-state index in [1.165, 1.54) is 10.6 Å². The van der Waals surface area contributed by atoms with Crippen molar-refractivity contribution in [3.05, 3.63) is 18.3 Å². The third-order valence-corrected chi connectivity index (χ3v) is 7.63. The normalized spacial score (nSPS) is 20.3. The molecule has 0 bridgehead atoms. The van der Waals surface area contributed by atoms with Crippen molar-refractivity contribution in [3.8, 4) is 0 Å². The van der Waals surface area contributed by atoms with Crippen LogP contribution < -0.4 is 4.90 Å². The van der Waals surface area contributed by atoms with Crippen molar-refractivity contribution < 1.29 is 13.2 Å². The highest BCUT2D eigenvalue weighted by Gasteiger charge is 2.33. The van der Waals surface area contributed by atoms with Crippen molar-refractivity contribution in [2.45, 2.75) is 12.8 Å². The first-order chi connectivity index (χ1) is 12.9. The topological polar surface area (TPSA) is 86.7 Å². The lowest BCUT2D eigenvalue weighted by Crippen LogP contribution is -2.52. The highest BCUT2D eigenvalue weighted by atomic mass is 32.2. The van der Waals surface area contributed by atoms with Gasteiger partial charge < -0.3 is 9.80 Å². The second-order valence-corrected chi connectivity index (χ2v) is 10.0. The maximum atomic E-state index is 12.8. The van der Waals surface area contributed by atoms with Gasteiger partial charge in [0.25, 0.3) is 0 Å². The van der Waals surface area contributed by atoms with Gasteiger partial charge >= 0.3 is 0 Å². The van der Waals surface area contributed by atoms with Crippen LogP contribution in [0.2, 0.25) is 0 Å². The molecular formula is C17H23N5O3S2. The quantitative estimate of drug-likeness (QED) is 0.752. The van der Waals surface area contributed by atoms with E-state index in [2.05, 4.69) is 14.9 Å². The Kier molecular flexibility index (Phi) is 5.04. The standard InChI is InChI=1S/C17H23N5O3S2/c1-27(24,25)22-7-4-13(5-8-22)16(23)20-9-11-21(12-10-20)17-19-14-3-2-6-18-15(14)26-17/h2-3,6,13H,4-5,7-12H2,1H3. The zero-order valence-corrected chi connectivity index (χ0v) is 16.9. The van der Waals surface area contributed by atoms with Crippen LogP contribution in [0.5, 0.6) is 0 Å². The van der Waals surface area contributed by atoms with Gasteiger partial charge in [0, 0.05) is 51.4 Å². The van der Waals surface area contributed by atoms with Gasteiger partial charge in [0.2, 0.25) is 15.9 Å². The lowest BCUT2D eigenvalue weighted by Gasteiger charge is -2.38. The van der Waals surface area contributed by atoms with Crippen molar-refractivity contribution >= 4 is 42.7 Å². The average molecular weight is 410 g/mol. The van der Waals surface area contributed by atoms with Gasteiger partial charge in [-0.05, 0) is 25.0 Å². The van der Waals surface area contributed by atoms with Crippen molar-refractivity contribution in [1.29, 1.82) is 0 Å². The summed E-state index contributed by atoms with van der Waals surface area (Å²) in [5.41, 5.74) is 0.911. The number of piperazine rings is 1. The first-order valence-corrected chi connectivity index (χ1v) is 11.8. The van der Waals surface area contributed by atoms with Gasteiger partial charge in [-0.1, -0.05) is 11.3 Å². The summed E-state index contributed by atoms with van der Waals surface area (Å²) in [6.07, 6.45) is 4.22. The molecule has 27 heavy (non-hydrogen) atoms. The molecule has 0 unspecified atom stereocenters. The zero-order valence-electron chi connectivity index (χ0n) is 15.2. The van der Waals surface area contributed by atoms with Crippen LogP contribution in [-0.2, 0) is 14.8 Å². The molecular weight excluding hydrogens is 386 g/mol. The molecule has 2 aromatic heterocycles. The molecule has 2 saturated heterocycles. The molecule has 0 aromatic carbocycles. The summed E-state index contributed by atoms with van der Waals surface area (Å²) in [7, 11) is -3.16. The van der Waals surface area contributed by atoms with E-state index >= 15 is 0 Å². The average Bonchev–Trinajstić information content (AvgIpc) is 3.11. The Labute approximate surface area is 162 Å². The predicted octanol–water partition coefficient (Wildman–Crippen LogP) is 1.01. The molecule has 0 spiro atoms. The number of hydrogen-bond donors (Lipinski definition) is 0. The van der Waals surface area contributed by atoms with Crippen molar-refractivity contribution in [2.75, 3.05) is 50.4 Å². The number of pyridine rings is 1. The van der Waals surface area contributed by atoms with E-state index in [-0.39, 0.29) is 11.8 Å². The SMILES string of the molecule is CS(=O)(=O)N1CCC(C(=O)N2CCN(c3nc4cccnc4s3)CC2)CC1. The number of nitrogens with zero attached hydrogens (tertiary/aromatic N) is 5. The van der Waals surface area contributed by atoms with Gasteiger partial charge in [-0.3, -0.25) is 4.79 Å². The van der Waals surface area contributed by atoms with Crippen molar-refractivity contribution in [1.82, 2.24) is 19.2 Å². The fraction of sp³-hybridized carbons (Fsp3) is 0.588. The van der Waals surface area contributed by atoms with Gasteiger partial charge in [0.15, 0.2) is 5.13 Å². The van der Waals surface area contributed by atoms with Crippen molar-refractivity contribution in [3.63, 3.8) is 0 Å². The highest BCUT2D eigenvalue weighted by Crippen LogP contribution is 2.28. The number of aromatic nitrogens is 2. The number of sulfonamides is 1. The van der Waals surface area contributed by atoms with E-state index in [1.807, 2.05) is 17.0 Å². The number of amides is 1. The molecule has 2 aliphatic rings. The summed E-state index contributed by atoms with van der Waals surface area (Å²) in [4.78, 5) is 26.9. The fourth-order valence-corrected chi connectivity index (χ4v) is 5.54. The number of fused-ring (bicyclic) bond motifs is 1. The number of thiazole rings is 1. The summed E-state index contributed by atoms with van der Waals surface area (Å²) in [6, 6.07) is 3.85. The molecule has 4 rings (SSSR count). The summed E-state index contributed by atoms with van der Waals surface area (Å²) in [5, 5.41) is 0.956. The van der Waals surface area contributed by atoms with Gasteiger partial charge in [-0.15, -0.1) is 0 Å². The number of rotatable bonds is 3. The first kappa shape index (κ1) is 18.6. The van der Waals surface area contributed by atoms with Crippen LogP contribution in [0.3, 0.4) is 0 Å². The third kappa shape index (κ3) is 3.92. The molecule has 0 atom stereocenters. The third-order valence-electron chi connectivity index (χ3n) is 5.29. The van der Waals surface area contributed by atoms with E-state index in [4.69, 9.17) is 0 Å². The lowest BCUT2D eigenvalue weighted by atomic mass is 9.96. The summed E-state index contributed by atoms with van der Waals surface area (Å²) >= 11 is 1.58. The van der Waals surface area contributed by atoms with Crippen LogP contribution >= 0.6 is 11.3 Å². The minimum atomic E-state index is -3.16. The first-order valence-electron chi connectivity index (χ1n) is 9.12. The molecule has 2 aliphatic heterocycles. The van der Waals surface area contributed by atoms with Crippen LogP contribution in [-0.4, -0.2) is 79.0 Å². The summed E-state index contributed by atoms with van der Waals surface area (Å²) < 4.78 is 24.7. The Bertz CT molecular complexity index is 896. The zero-order chi connectivity index (χ0) is 19.0. The van der Waals surface area contributed by atoms with Gasteiger partial charge in [-0.2, -0.15) is 0 Å². The Morgan fingerprint density at radius 2 is 1.85 bits per heavy atom. The molecule has 8 nitrogen and oxygen atoms in total. The van der Waals surface area contributed by atoms with Crippen LogP contribution in [0, 0.1) is 5.92 Å². The smallest absolute Gasteiger partial charge is 0.225 e. The predicted molar refractivity (Wildman–Crippen MR) is 105 cm³/mol. The monoisotopic (exact) mass is 409 g/mol. The van der Waals surface area contributed by atoms with Crippen LogP contribution in [0.1, 0.15) is 12.8 Å². The van der Waals surface area contributed by atoms with E-state index in [0.717, 1.165) is 28.6 Å². The van der Waals surface area contributed by atoms with E-state index < -0.39 is 10.0 Å². The van der Waals surface area contributed by atoms with E-state index in [1.54, 1.807) is 17.5 Å². The second kappa shape index (κ2) is 7.33. The Hall–Kier alpha value is -1.78. The number of hydrogen-bond acceptors (Lipinski definition) is 7. The van der Waals surface area contributed by atoms with Crippen LogP contribution in [0.25, 0.3) is 10.3 Å². The molecule has 1 amide bonds. The molecule has 0 radical (unpaired) electrons. The maximum absolute atomic E-state index is 12.8. The number of piperidine rings is 1. The highest BCUT2D eigenvalue weighted by molar-refractivity contribution is 7.88. The molecule has 2 aromatic rings. The molecule has 146 valence electrons. The van der Waals surface area contributed by atoms with Crippen LogP contribution in [0.4, 0.5) is 5.13 Å². The van der Waals surface area contributed by atoms with Crippen LogP contribution in [0.15, 0.2) is 18.3 Å². The molecule has 2 fully saturated rings.